The molecule has 1 aromatic carbocycles. The lowest BCUT2D eigenvalue weighted by atomic mass is 10.0. The van der Waals surface area contributed by atoms with E-state index in [1.54, 1.807) is 18.0 Å². The highest BCUT2D eigenvalue weighted by Gasteiger charge is 2.21. The standard InChI is InChI=1S/C19H19FN6O/c1-5-13-6-12(8-21)7-14(20)17(13)26(4)19-10(2)15-16(23-9-22-15)18(25-19)24-11(3)27/h6-7,9H,5H2,1-4H3,(H,22,23)(H,24,25,27). The molecule has 7 nitrogen and oxygen atoms in total. The Balaban J connectivity index is 2.22. The predicted octanol–water partition coefficient (Wildman–Crippen LogP) is 3.57. The molecule has 3 aromatic rings. The fraction of sp³-hybridized carbons (Fsp3) is 0.263. The van der Waals surface area contributed by atoms with Crippen LogP contribution in [0.1, 0.15) is 30.5 Å². The maximum Gasteiger partial charge on any atom is 0.222 e. The summed E-state index contributed by atoms with van der Waals surface area (Å²) in [5.41, 5.74) is 3.30. The number of rotatable bonds is 4. The van der Waals surface area contributed by atoms with E-state index in [4.69, 9.17) is 5.26 Å². The van der Waals surface area contributed by atoms with Crippen LogP contribution in [0.3, 0.4) is 0 Å². The molecule has 0 aliphatic carbocycles. The summed E-state index contributed by atoms with van der Waals surface area (Å²) in [5.74, 6) is 0.0265. The third-order valence-electron chi connectivity index (χ3n) is 4.38. The van der Waals surface area contributed by atoms with Crippen LogP contribution in [0.4, 0.5) is 21.7 Å². The number of fused-ring (bicyclic) bond motifs is 1. The second-order valence-corrected chi connectivity index (χ2v) is 6.21. The molecule has 8 heteroatoms. The first-order chi connectivity index (χ1) is 12.9. The Labute approximate surface area is 155 Å². The maximum absolute atomic E-state index is 14.8. The van der Waals surface area contributed by atoms with E-state index in [2.05, 4.69) is 20.3 Å². The second kappa shape index (κ2) is 7.03. The van der Waals surface area contributed by atoms with E-state index in [9.17, 15) is 9.18 Å². The van der Waals surface area contributed by atoms with Crippen molar-refractivity contribution in [3.05, 3.63) is 41.0 Å². The number of benzene rings is 1. The Morgan fingerprint density at radius 1 is 1.44 bits per heavy atom. The summed E-state index contributed by atoms with van der Waals surface area (Å²) >= 11 is 0. The fourth-order valence-corrected chi connectivity index (χ4v) is 3.17. The number of hydrogen-bond donors (Lipinski definition) is 2. The zero-order chi connectivity index (χ0) is 19.7. The summed E-state index contributed by atoms with van der Waals surface area (Å²) in [6.07, 6.45) is 2.07. The van der Waals surface area contributed by atoms with E-state index in [0.717, 1.165) is 5.56 Å². The van der Waals surface area contributed by atoms with E-state index in [-0.39, 0.29) is 11.5 Å². The van der Waals surface area contributed by atoms with Crippen LogP contribution in [-0.2, 0) is 11.2 Å². The SMILES string of the molecule is CCc1cc(C#N)cc(F)c1N(C)c1nc(NC(C)=O)c2[nH]cnc2c1C. The summed E-state index contributed by atoms with van der Waals surface area (Å²) in [5, 5.41) is 11.8. The number of imidazole rings is 1. The monoisotopic (exact) mass is 366 g/mol. The predicted molar refractivity (Wildman–Crippen MR) is 101 cm³/mol. The molecule has 0 atom stereocenters. The molecule has 2 heterocycles. The average molecular weight is 366 g/mol. The van der Waals surface area contributed by atoms with Crippen molar-refractivity contribution < 1.29 is 9.18 Å². The van der Waals surface area contributed by atoms with Gasteiger partial charge in [-0.15, -0.1) is 0 Å². The molecule has 0 unspecified atom stereocenters. The third-order valence-corrected chi connectivity index (χ3v) is 4.38. The molecule has 0 spiro atoms. The number of anilines is 3. The van der Waals surface area contributed by atoms with E-state index in [1.165, 1.54) is 19.3 Å². The number of H-pyrrole nitrogens is 1. The van der Waals surface area contributed by atoms with Gasteiger partial charge in [-0.25, -0.2) is 14.4 Å². The van der Waals surface area contributed by atoms with Gasteiger partial charge in [-0.2, -0.15) is 5.26 Å². The first-order valence-electron chi connectivity index (χ1n) is 8.44. The summed E-state index contributed by atoms with van der Waals surface area (Å²) in [6, 6.07) is 4.86. The molecular weight excluding hydrogens is 347 g/mol. The van der Waals surface area contributed by atoms with Crippen molar-refractivity contribution in [3.63, 3.8) is 0 Å². The summed E-state index contributed by atoms with van der Waals surface area (Å²) in [4.78, 5) is 25.0. The number of aryl methyl sites for hydroxylation is 2. The summed E-state index contributed by atoms with van der Waals surface area (Å²) < 4.78 is 14.8. The number of hydrogen-bond acceptors (Lipinski definition) is 5. The van der Waals surface area contributed by atoms with Crippen LogP contribution in [-0.4, -0.2) is 27.9 Å². The number of aromatic amines is 1. The van der Waals surface area contributed by atoms with Crippen LogP contribution < -0.4 is 10.2 Å². The quantitative estimate of drug-likeness (QED) is 0.736. The highest BCUT2D eigenvalue weighted by Crippen LogP contribution is 2.35. The molecule has 0 aliphatic rings. The van der Waals surface area contributed by atoms with Crippen LogP contribution in [0.15, 0.2) is 18.5 Å². The Bertz CT molecular complexity index is 1080. The van der Waals surface area contributed by atoms with Crippen molar-refractivity contribution in [1.29, 1.82) is 5.26 Å². The van der Waals surface area contributed by atoms with Gasteiger partial charge in [0, 0.05) is 19.5 Å². The van der Waals surface area contributed by atoms with Gasteiger partial charge in [0.15, 0.2) is 5.82 Å². The molecule has 0 bridgehead atoms. The zero-order valence-electron chi connectivity index (χ0n) is 15.5. The van der Waals surface area contributed by atoms with Gasteiger partial charge in [0.05, 0.1) is 29.2 Å². The Morgan fingerprint density at radius 3 is 2.81 bits per heavy atom. The highest BCUT2D eigenvalue weighted by molar-refractivity contribution is 5.99. The minimum absolute atomic E-state index is 0.269. The number of halogens is 1. The molecule has 0 saturated carbocycles. The van der Waals surface area contributed by atoms with Crippen molar-refractivity contribution in [2.75, 3.05) is 17.3 Å². The van der Waals surface area contributed by atoms with E-state index in [0.29, 0.717) is 40.3 Å². The van der Waals surface area contributed by atoms with Crippen LogP contribution in [0.2, 0.25) is 0 Å². The topological polar surface area (TPSA) is 97.7 Å². The van der Waals surface area contributed by atoms with Gasteiger partial charge in [0.1, 0.15) is 17.2 Å². The number of nitriles is 1. The van der Waals surface area contributed by atoms with Crippen molar-refractivity contribution in [2.24, 2.45) is 0 Å². The summed E-state index contributed by atoms with van der Waals surface area (Å²) in [6.45, 7) is 5.13. The molecular formula is C19H19FN6O. The van der Waals surface area contributed by atoms with E-state index >= 15 is 0 Å². The largest absolute Gasteiger partial charge is 0.342 e. The number of amides is 1. The highest BCUT2D eigenvalue weighted by atomic mass is 19.1. The summed E-state index contributed by atoms with van der Waals surface area (Å²) in [7, 11) is 1.70. The van der Waals surface area contributed by atoms with Gasteiger partial charge in [-0.3, -0.25) is 4.79 Å². The third kappa shape index (κ3) is 3.19. The van der Waals surface area contributed by atoms with Crippen LogP contribution in [0.5, 0.6) is 0 Å². The number of carbonyl (C=O) groups is 1. The van der Waals surface area contributed by atoms with Gasteiger partial charge in [-0.1, -0.05) is 6.92 Å². The first-order valence-corrected chi connectivity index (χ1v) is 8.44. The molecule has 3 rings (SSSR count). The molecule has 0 aliphatic heterocycles. The van der Waals surface area contributed by atoms with Crippen molar-refractivity contribution in [3.8, 4) is 6.07 Å². The van der Waals surface area contributed by atoms with Gasteiger partial charge in [-0.05, 0) is 31.0 Å². The Hall–Kier alpha value is -3.47. The number of aromatic nitrogens is 3. The van der Waals surface area contributed by atoms with E-state index in [1.807, 2.05) is 19.9 Å². The van der Waals surface area contributed by atoms with Gasteiger partial charge in [0.25, 0.3) is 0 Å². The van der Waals surface area contributed by atoms with Crippen LogP contribution in [0.25, 0.3) is 11.0 Å². The minimum Gasteiger partial charge on any atom is -0.342 e. The Kier molecular flexibility index (Phi) is 4.77. The van der Waals surface area contributed by atoms with Crippen molar-refractivity contribution in [2.45, 2.75) is 27.2 Å². The molecule has 138 valence electrons. The number of nitrogens with zero attached hydrogens (tertiary/aromatic N) is 4. The van der Waals surface area contributed by atoms with Crippen LogP contribution >= 0.6 is 0 Å². The lowest BCUT2D eigenvalue weighted by Crippen LogP contribution is -2.18. The maximum atomic E-state index is 14.8. The molecule has 27 heavy (non-hydrogen) atoms. The number of carbonyl (C=O) groups excluding carboxylic acids is 1. The number of pyridine rings is 1. The zero-order valence-corrected chi connectivity index (χ0v) is 15.5. The normalized spacial score (nSPS) is 10.7. The second-order valence-electron chi connectivity index (χ2n) is 6.21. The fourth-order valence-electron chi connectivity index (χ4n) is 3.17. The average Bonchev–Trinajstić information content (AvgIpc) is 3.13. The molecule has 2 N–H and O–H groups in total. The molecule has 0 radical (unpaired) electrons. The molecule has 0 saturated heterocycles. The van der Waals surface area contributed by atoms with Crippen LogP contribution in [0, 0.1) is 24.1 Å². The lowest BCUT2D eigenvalue weighted by molar-refractivity contribution is -0.114. The first kappa shape index (κ1) is 18.3. The van der Waals surface area contributed by atoms with Gasteiger partial charge in [0.2, 0.25) is 5.91 Å². The molecule has 0 fully saturated rings. The van der Waals surface area contributed by atoms with Gasteiger partial charge < -0.3 is 15.2 Å². The smallest absolute Gasteiger partial charge is 0.222 e. The van der Waals surface area contributed by atoms with Gasteiger partial charge >= 0.3 is 0 Å². The lowest BCUT2D eigenvalue weighted by Gasteiger charge is -2.24. The van der Waals surface area contributed by atoms with Crippen molar-refractivity contribution in [1.82, 2.24) is 15.0 Å². The number of nitrogens with one attached hydrogen (secondary N) is 2. The Morgan fingerprint density at radius 2 is 2.19 bits per heavy atom. The minimum atomic E-state index is -0.502. The van der Waals surface area contributed by atoms with E-state index < -0.39 is 5.82 Å². The van der Waals surface area contributed by atoms with Crippen molar-refractivity contribution >= 4 is 34.3 Å². The molecule has 1 amide bonds. The molecule has 2 aromatic heterocycles.